The van der Waals surface area contributed by atoms with E-state index >= 15 is 0 Å². The minimum absolute atomic E-state index is 0. The van der Waals surface area contributed by atoms with Gasteiger partial charge in [-0.3, -0.25) is 8.98 Å². The molecule has 86 valence electrons. The van der Waals surface area contributed by atoms with E-state index in [1.165, 1.54) is 0 Å². The van der Waals surface area contributed by atoms with Crippen LogP contribution >= 0.6 is 0 Å². The van der Waals surface area contributed by atoms with Crippen LogP contribution in [0.15, 0.2) is 12.2 Å². The normalized spacial score (nSPS) is 8.21. The van der Waals surface area contributed by atoms with Crippen molar-refractivity contribution in [3.05, 3.63) is 12.2 Å². The minimum atomic E-state index is -2.61. The van der Waals surface area contributed by atoms with E-state index in [-0.39, 0.29) is 6.15 Å². The summed E-state index contributed by atoms with van der Waals surface area (Å²) in [5, 5.41) is 0. The zero-order valence-electron chi connectivity index (χ0n) is 8.49. The van der Waals surface area contributed by atoms with Crippen LogP contribution in [0.5, 0.6) is 0 Å². The zero-order valence-corrected chi connectivity index (χ0v) is 9.38. The first-order valence-corrected chi connectivity index (χ1v) is 4.74. The Kier molecular flexibility index (Phi) is 16.2. The molecule has 0 saturated carbocycles. The molecule has 1 amide bonds. The largest absolute Gasteiger partial charge is 0.366 e. The SMILES string of the molecule is C=C(C)C(N)=O.CCCO[SH](=O)=O.N. The molecule has 7 heteroatoms. The van der Waals surface area contributed by atoms with Crippen LogP contribution in [-0.4, -0.2) is 20.9 Å². The third-order valence-corrected chi connectivity index (χ3v) is 1.21. The predicted molar refractivity (Wildman–Crippen MR) is 55.6 cm³/mol. The molecule has 0 aliphatic heterocycles. The lowest BCUT2D eigenvalue weighted by atomic mass is 10.3. The molecule has 0 rings (SSSR count). The molecule has 0 fully saturated rings. The maximum absolute atomic E-state index is 9.82. The van der Waals surface area contributed by atoms with Gasteiger partial charge < -0.3 is 11.9 Å². The fraction of sp³-hybridized carbons (Fsp3) is 0.571. The van der Waals surface area contributed by atoms with Gasteiger partial charge in [0.25, 0.3) is 11.0 Å². The first-order valence-electron chi connectivity index (χ1n) is 3.64. The molecule has 0 saturated heterocycles. The highest BCUT2D eigenvalue weighted by atomic mass is 32.2. The van der Waals surface area contributed by atoms with Gasteiger partial charge in [-0.05, 0) is 13.3 Å². The van der Waals surface area contributed by atoms with Crippen LogP contribution in [0.25, 0.3) is 0 Å². The highest BCUT2D eigenvalue weighted by Crippen LogP contribution is 1.78. The van der Waals surface area contributed by atoms with Crippen LogP contribution in [0.4, 0.5) is 0 Å². The van der Waals surface area contributed by atoms with Crippen molar-refractivity contribution in [2.75, 3.05) is 6.61 Å². The number of nitrogens with two attached hydrogens (primary N) is 1. The molecule has 5 N–H and O–H groups in total. The summed E-state index contributed by atoms with van der Waals surface area (Å²) in [6.45, 7) is 7.00. The first kappa shape index (κ1) is 18.8. The Morgan fingerprint density at radius 1 is 1.50 bits per heavy atom. The summed E-state index contributed by atoms with van der Waals surface area (Å²) in [5.74, 6) is -0.435. The molecular formula is C7H18N2O4S. The van der Waals surface area contributed by atoms with Crippen LogP contribution in [0.1, 0.15) is 20.3 Å². The second-order valence-electron chi connectivity index (χ2n) is 2.20. The molecule has 14 heavy (non-hydrogen) atoms. The summed E-state index contributed by atoms with van der Waals surface area (Å²) in [4.78, 5) is 9.82. The average Bonchev–Trinajstić information content (AvgIpc) is 2.01. The van der Waals surface area contributed by atoms with Crippen molar-refractivity contribution in [1.29, 1.82) is 0 Å². The van der Waals surface area contributed by atoms with Crippen LogP contribution in [0, 0.1) is 0 Å². The predicted octanol–water partition coefficient (Wildman–Crippen LogP) is 0.149. The molecule has 0 spiro atoms. The zero-order chi connectivity index (χ0) is 10.9. The summed E-state index contributed by atoms with van der Waals surface area (Å²) in [6.07, 6.45) is 0.739. The monoisotopic (exact) mass is 226 g/mol. The Morgan fingerprint density at radius 2 is 1.86 bits per heavy atom. The van der Waals surface area contributed by atoms with Crippen molar-refractivity contribution < 1.29 is 17.4 Å². The number of rotatable bonds is 4. The van der Waals surface area contributed by atoms with Crippen molar-refractivity contribution in [3.8, 4) is 0 Å². The van der Waals surface area contributed by atoms with Crippen molar-refractivity contribution in [1.82, 2.24) is 6.15 Å². The Morgan fingerprint density at radius 3 is 1.93 bits per heavy atom. The fourth-order valence-corrected chi connectivity index (χ4v) is 0.497. The summed E-state index contributed by atoms with van der Waals surface area (Å²) in [5.41, 5.74) is 5.09. The highest BCUT2D eigenvalue weighted by Gasteiger charge is 1.86. The van der Waals surface area contributed by atoms with Gasteiger partial charge in [-0.2, -0.15) is 0 Å². The van der Waals surface area contributed by atoms with Crippen molar-refractivity contribution in [2.45, 2.75) is 20.3 Å². The molecule has 0 aromatic carbocycles. The van der Waals surface area contributed by atoms with Gasteiger partial charge in [-0.15, -0.1) is 0 Å². The number of primary amides is 1. The molecule has 0 bridgehead atoms. The topological polar surface area (TPSA) is 121 Å². The van der Waals surface area contributed by atoms with Gasteiger partial charge >= 0.3 is 0 Å². The second kappa shape index (κ2) is 12.1. The molecule has 0 aliphatic rings. The first-order chi connectivity index (χ1) is 5.91. The molecule has 0 heterocycles. The molecule has 0 aliphatic carbocycles. The van der Waals surface area contributed by atoms with Gasteiger partial charge in [0.15, 0.2) is 0 Å². The summed E-state index contributed by atoms with van der Waals surface area (Å²) >= 11 is 0. The lowest BCUT2D eigenvalue weighted by molar-refractivity contribution is -0.114. The quantitative estimate of drug-likeness (QED) is 0.465. The average molecular weight is 226 g/mol. The highest BCUT2D eigenvalue weighted by molar-refractivity contribution is 7.67. The lowest BCUT2D eigenvalue weighted by Crippen LogP contribution is -2.10. The number of thiol groups is 1. The van der Waals surface area contributed by atoms with E-state index in [0.717, 1.165) is 6.42 Å². The van der Waals surface area contributed by atoms with Crippen molar-refractivity contribution in [3.63, 3.8) is 0 Å². The Labute approximate surface area is 85.9 Å². The van der Waals surface area contributed by atoms with Gasteiger partial charge in [0, 0.05) is 5.57 Å². The molecule has 0 atom stereocenters. The Bertz CT molecular complexity index is 218. The number of hydrogen-bond acceptors (Lipinski definition) is 5. The van der Waals surface area contributed by atoms with Gasteiger partial charge in [0.1, 0.15) is 0 Å². The lowest BCUT2D eigenvalue weighted by Gasteiger charge is -1.84. The third kappa shape index (κ3) is 22.5. The van der Waals surface area contributed by atoms with Crippen LogP contribution < -0.4 is 11.9 Å². The fourth-order valence-electron chi connectivity index (χ4n) is 0.166. The van der Waals surface area contributed by atoms with Crippen LogP contribution in [-0.2, 0) is 20.0 Å². The van der Waals surface area contributed by atoms with Gasteiger partial charge in [-0.1, -0.05) is 13.5 Å². The number of amides is 1. The maximum Gasteiger partial charge on any atom is 0.257 e. The standard InChI is InChI=1S/C4H7NO.C3H8O3S.H3N/c1-3(2)4(5)6;1-2-3-6-7(4)5;/h1H2,2H3,(H2,5,6);7H,2-3H2,1H3;1H3. The van der Waals surface area contributed by atoms with E-state index in [1.54, 1.807) is 6.92 Å². The Balaban J connectivity index is -0.000000163. The maximum atomic E-state index is 9.82. The third-order valence-electron chi connectivity index (χ3n) is 0.821. The number of carbonyl (C=O) groups is 1. The van der Waals surface area contributed by atoms with E-state index < -0.39 is 16.9 Å². The summed E-state index contributed by atoms with van der Waals surface area (Å²) < 4.78 is 23.3. The van der Waals surface area contributed by atoms with Gasteiger partial charge in [0.05, 0.1) is 6.61 Å². The van der Waals surface area contributed by atoms with E-state index in [1.807, 2.05) is 6.92 Å². The second-order valence-corrected chi connectivity index (χ2v) is 2.91. The molecule has 0 unspecified atom stereocenters. The summed E-state index contributed by atoms with van der Waals surface area (Å²) in [6, 6.07) is 0. The van der Waals surface area contributed by atoms with Gasteiger partial charge in [0.2, 0.25) is 5.91 Å². The van der Waals surface area contributed by atoms with E-state index in [0.29, 0.717) is 12.2 Å². The number of hydrogen-bond donors (Lipinski definition) is 3. The van der Waals surface area contributed by atoms with Gasteiger partial charge in [-0.25, -0.2) is 8.42 Å². The van der Waals surface area contributed by atoms with E-state index in [9.17, 15) is 13.2 Å². The Hall–Kier alpha value is -0.920. The summed E-state index contributed by atoms with van der Waals surface area (Å²) in [7, 11) is -2.61. The van der Waals surface area contributed by atoms with E-state index in [4.69, 9.17) is 5.73 Å². The molecular weight excluding hydrogens is 208 g/mol. The minimum Gasteiger partial charge on any atom is -0.366 e. The molecule has 0 radical (unpaired) electrons. The smallest absolute Gasteiger partial charge is 0.257 e. The number of carbonyl (C=O) groups excluding carboxylic acids is 1. The van der Waals surface area contributed by atoms with Crippen molar-refractivity contribution >= 4 is 16.9 Å². The van der Waals surface area contributed by atoms with E-state index in [2.05, 4.69) is 10.8 Å². The molecule has 0 aromatic heterocycles. The molecule has 0 aromatic rings. The van der Waals surface area contributed by atoms with Crippen LogP contribution in [0.2, 0.25) is 0 Å². The van der Waals surface area contributed by atoms with Crippen molar-refractivity contribution in [2.24, 2.45) is 5.73 Å². The molecule has 6 nitrogen and oxygen atoms in total. The van der Waals surface area contributed by atoms with Crippen LogP contribution in [0.3, 0.4) is 0 Å².